The predicted molar refractivity (Wildman–Crippen MR) is 68.5 cm³/mol. The average Bonchev–Trinajstić information content (AvgIpc) is 2.40. The van der Waals surface area contributed by atoms with Crippen molar-refractivity contribution in [2.24, 2.45) is 0 Å². The lowest BCUT2D eigenvalue weighted by Gasteiger charge is -2.08. The molecule has 20 heavy (non-hydrogen) atoms. The van der Waals surface area contributed by atoms with Crippen molar-refractivity contribution in [3.8, 4) is 5.75 Å². The standard InChI is InChI=1S/C13H11F2NO3S/c14-10-1-6-13(15)9(7-10)8-16-20(18,19)12-4-2-11(17)3-5-12/h1-7,16-17H,8H2. The van der Waals surface area contributed by atoms with Gasteiger partial charge in [-0.1, -0.05) is 0 Å². The second-order valence-electron chi connectivity index (χ2n) is 4.05. The van der Waals surface area contributed by atoms with Crippen LogP contribution in [0.1, 0.15) is 5.56 Å². The minimum Gasteiger partial charge on any atom is -0.508 e. The van der Waals surface area contributed by atoms with E-state index in [1.165, 1.54) is 24.3 Å². The minimum absolute atomic E-state index is 0.0693. The van der Waals surface area contributed by atoms with E-state index in [9.17, 15) is 17.2 Å². The van der Waals surface area contributed by atoms with Gasteiger partial charge in [0.05, 0.1) is 4.90 Å². The first-order valence-corrected chi connectivity index (χ1v) is 7.09. The van der Waals surface area contributed by atoms with Crippen molar-refractivity contribution in [2.45, 2.75) is 11.4 Å². The van der Waals surface area contributed by atoms with E-state index in [0.717, 1.165) is 18.2 Å². The summed E-state index contributed by atoms with van der Waals surface area (Å²) in [4.78, 5) is -0.0767. The Morgan fingerprint density at radius 3 is 2.35 bits per heavy atom. The molecule has 0 aliphatic rings. The van der Waals surface area contributed by atoms with Gasteiger partial charge in [0.2, 0.25) is 10.0 Å². The second-order valence-corrected chi connectivity index (χ2v) is 5.82. The molecular formula is C13H11F2NO3S. The molecule has 0 bridgehead atoms. The molecule has 0 amide bonds. The Kier molecular flexibility index (Phi) is 4.01. The Hall–Kier alpha value is -1.99. The molecule has 0 fully saturated rings. The zero-order chi connectivity index (χ0) is 14.8. The number of aromatic hydroxyl groups is 1. The van der Waals surface area contributed by atoms with Crippen molar-refractivity contribution in [3.63, 3.8) is 0 Å². The fourth-order valence-corrected chi connectivity index (χ4v) is 2.57. The molecule has 0 unspecified atom stereocenters. The Balaban J connectivity index is 2.17. The summed E-state index contributed by atoms with van der Waals surface area (Å²) in [6, 6.07) is 7.66. The van der Waals surface area contributed by atoms with Gasteiger partial charge in [-0.05, 0) is 42.5 Å². The van der Waals surface area contributed by atoms with Crippen molar-refractivity contribution >= 4 is 10.0 Å². The monoisotopic (exact) mass is 299 g/mol. The number of phenolic OH excluding ortho intramolecular Hbond substituents is 1. The van der Waals surface area contributed by atoms with Crippen molar-refractivity contribution < 1.29 is 22.3 Å². The van der Waals surface area contributed by atoms with Crippen LogP contribution in [0, 0.1) is 11.6 Å². The first-order chi connectivity index (χ1) is 9.38. The molecule has 0 aromatic heterocycles. The fraction of sp³-hybridized carbons (Fsp3) is 0.0769. The van der Waals surface area contributed by atoms with E-state index in [0.29, 0.717) is 0 Å². The van der Waals surface area contributed by atoms with Gasteiger partial charge < -0.3 is 5.11 Å². The zero-order valence-corrected chi connectivity index (χ0v) is 11.0. The van der Waals surface area contributed by atoms with E-state index in [1.54, 1.807) is 0 Å². The van der Waals surface area contributed by atoms with Crippen LogP contribution in [0.15, 0.2) is 47.4 Å². The van der Waals surface area contributed by atoms with E-state index in [1.807, 2.05) is 0 Å². The van der Waals surface area contributed by atoms with Gasteiger partial charge in [0.25, 0.3) is 0 Å². The third-order valence-electron chi connectivity index (χ3n) is 2.61. The summed E-state index contributed by atoms with van der Waals surface area (Å²) in [5.74, 6) is -1.41. The van der Waals surface area contributed by atoms with Gasteiger partial charge in [-0.3, -0.25) is 0 Å². The van der Waals surface area contributed by atoms with E-state index in [4.69, 9.17) is 5.11 Å². The second kappa shape index (κ2) is 5.56. The van der Waals surface area contributed by atoms with Crippen molar-refractivity contribution in [1.29, 1.82) is 0 Å². The molecule has 0 aliphatic heterocycles. The number of nitrogens with one attached hydrogen (secondary N) is 1. The predicted octanol–water partition coefficient (Wildman–Crippen LogP) is 2.15. The van der Waals surface area contributed by atoms with E-state index in [2.05, 4.69) is 4.72 Å². The maximum Gasteiger partial charge on any atom is 0.240 e. The molecule has 0 aliphatic carbocycles. The topological polar surface area (TPSA) is 66.4 Å². The Labute approximate surface area is 114 Å². The lowest BCUT2D eigenvalue weighted by atomic mass is 10.2. The van der Waals surface area contributed by atoms with Gasteiger partial charge in [0.15, 0.2) is 0 Å². The molecule has 2 aromatic rings. The number of halogens is 2. The van der Waals surface area contributed by atoms with Crippen molar-refractivity contribution in [2.75, 3.05) is 0 Å². The highest BCUT2D eigenvalue weighted by Crippen LogP contribution is 2.15. The highest BCUT2D eigenvalue weighted by molar-refractivity contribution is 7.89. The summed E-state index contributed by atoms with van der Waals surface area (Å²) < 4.78 is 52.3. The highest BCUT2D eigenvalue weighted by atomic mass is 32.2. The number of phenols is 1. The zero-order valence-electron chi connectivity index (χ0n) is 10.2. The Morgan fingerprint density at radius 2 is 1.70 bits per heavy atom. The fourth-order valence-electron chi connectivity index (χ4n) is 1.56. The van der Waals surface area contributed by atoms with Crippen LogP contribution < -0.4 is 4.72 Å². The highest BCUT2D eigenvalue weighted by Gasteiger charge is 2.14. The molecule has 4 nitrogen and oxygen atoms in total. The van der Waals surface area contributed by atoms with Crippen LogP contribution in [0.4, 0.5) is 8.78 Å². The number of rotatable bonds is 4. The van der Waals surface area contributed by atoms with Gasteiger partial charge >= 0.3 is 0 Å². The first-order valence-electron chi connectivity index (χ1n) is 5.61. The number of benzene rings is 2. The van der Waals surface area contributed by atoms with Gasteiger partial charge in [-0.25, -0.2) is 21.9 Å². The van der Waals surface area contributed by atoms with Crippen LogP contribution in [0.3, 0.4) is 0 Å². The van der Waals surface area contributed by atoms with Crippen LogP contribution in [-0.4, -0.2) is 13.5 Å². The molecule has 0 spiro atoms. The molecule has 0 saturated carbocycles. The first kappa shape index (κ1) is 14.4. The molecule has 7 heteroatoms. The Morgan fingerprint density at radius 1 is 1.05 bits per heavy atom. The lowest BCUT2D eigenvalue weighted by molar-refractivity contribution is 0.474. The summed E-state index contributed by atoms with van der Waals surface area (Å²) in [5.41, 5.74) is -0.0904. The summed E-state index contributed by atoms with van der Waals surface area (Å²) in [5, 5.41) is 9.09. The molecule has 0 radical (unpaired) electrons. The number of sulfonamides is 1. The summed E-state index contributed by atoms with van der Waals surface area (Å²) in [6.45, 7) is -0.368. The summed E-state index contributed by atoms with van der Waals surface area (Å²) >= 11 is 0. The van der Waals surface area contributed by atoms with E-state index < -0.39 is 21.7 Å². The molecule has 2 rings (SSSR count). The molecule has 0 heterocycles. The van der Waals surface area contributed by atoms with E-state index in [-0.39, 0.29) is 22.8 Å². The van der Waals surface area contributed by atoms with Gasteiger partial charge in [0.1, 0.15) is 17.4 Å². The molecule has 0 atom stereocenters. The largest absolute Gasteiger partial charge is 0.508 e. The van der Waals surface area contributed by atoms with Gasteiger partial charge in [0, 0.05) is 12.1 Å². The Bertz CT molecular complexity index is 715. The summed E-state index contributed by atoms with van der Waals surface area (Å²) in [7, 11) is -3.86. The number of hydrogen-bond acceptors (Lipinski definition) is 3. The lowest BCUT2D eigenvalue weighted by Crippen LogP contribution is -2.23. The molecule has 0 saturated heterocycles. The van der Waals surface area contributed by atoms with Crippen molar-refractivity contribution in [1.82, 2.24) is 4.72 Å². The van der Waals surface area contributed by atoms with Crippen LogP contribution in [0.5, 0.6) is 5.75 Å². The van der Waals surface area contributed by atoms with Crippen LogP contribution in [0.25, 0.3) is 0 Å². The smallest absolute Gasteiger partial charge is 0.240 e. The third kappa shape index (κ3) is 3.31. The van der Waals surface area contributed by atoms with Crippen LogP contribution >= 0.6 is 0 Å². The van der Waals surface area contributed by atoms with E-state index >= 15 is 0 Å². The van der Waals surface area contributed by atoms with Crippen LogP contribution in [0.2, 0.25) is 0 Å². The molecule has 2 N–H and O–H groups in total. The maximum atomic E-state index is 13.4. The number of hydrogen-bond donors (Lipinski definition) is 2. The maximum absolute atomic E-state index is 13.4. The quantitative estimate of drug-likeness (QED) is 0.909. The minimum atomic E-state index is -3.86. The molecule has 106 valence electrons. The molecule has 2 aromatic carbocycles. The van der Waals surface area contributed by atoms with Gasteiger partial charge in [-0.2, -0.15) is 0 Å². The normalized spacial score (nSPS) is 11.5. The average molecular weight is 299 g/mol. The third-order valence-corrected chi connectivity index (χ3v) is 4.02. The van der Waals surface area contributed by atoms with Crippen molar-refractivity contribution in [3.05, 3.63) is 59.7 Å². The molecular weight excluding hydrogens is 288 g/mol. The van der Waals surface area contributed by atoms with Gasteiger partial charge in [-0.15, -0.1) is 0 Å². The summed E-state index contributed by atoms with van der Waals surface area (Å²) in [6.07, 6.45) is 0. The van der Waals surface area contributed by atoms with Crippen LogP contribution in [-0.2, 0) is 16.6 Å². The SMILES string of the molecule is O=S(=O)(NCc1cc(F)ccc1F)c1ccc(O)cc1.